The molecule has 0 amide bonds. The van der Waals surface area contributed by atoms with Crippen LogP contribution in [0.1, 0.15) is 31.0 Å². The molecule has 1 aliphatic heterocycles. The second kappa shape index (κ2) is 7.66. The van der Waals surface area contributed by atoms with Gasteiger partial charge in [-0.25, -0.2) is 4.68 Å². The molecule has 5 nitrogen and oxygen atoms in total. The number of nitrogens with one attached hydrogen (secondary N) is 1. The lowest BCUT2D eigenvalue weighted by Gasteiger charge is -2.24. The zero-order chi connectivity index (χ0) is 17.9. The van der Waals surface area contributed by atoms with Crippen LogP contribution in [0.5, 0.6) is 11.5 Å². The SMILES string of the molecule is Clc1ccc(Oc2ccccc2-n2nncc2C2CCCCN2)c(Cl)c1. The van der Waals surface area contributed by atoms with Crippen LogP contribution in [0.2, 0.25) is 10.0 Å². The summed E-state index contributed by atoms with van der Waals surface area (Å²) in [6.07, 6.45) is 5.28. The Morgan fingerprint density at radius 2 is 1.96 bits per heavy atom. The summed E-state index contributed by atoms with van der Waals surface area (Å²) < 4.78 is 7.90. The van der Waals surface area contributed by atoms with Crippen molar-refractivity contribution in [2.24, 2.45) is 0 Å². The Bertz CT molecular complexity index is 906. The summed E-state index contributed by atoms with van der Waals surface area (Å²) >= 11 is 12.2. The number of benzene rings is 2. The fraction of sp³-hybridized carbons (Fsp3) is 0.263. The number of ether oxygens (including phenoxy) is 1. The van der Waals surface area contributed by atoms with Crippen LogP contribution in [-0.2, 0) is 0 Å². The first kappa shape index (κ1) is 17.3. The predicted molar refractivity (Wildman–Crippen MR) is 102 cm³/mol. The highest BCUT2D eigenvalue weighted by Gasteiger charge is 2.21. The zero-order valence-corrected chi connectivity index (χ0v) is 15.5. The topological polar surface area (TPSA) is 52.0 Å². The van der Waals surface area contributed by atoms with Gasteiger partial charge >= 0.3 is 0 Å². The van der Waals surface area contributed by atoms with Gasteiger partial charge in [0.15, 0.2) is 5.75 Å². The number of piperidine rings is 1. The predicted octanol–water partition coefficient (Wildman–Crippen LogP) is 5.18. The third-order valence-corrected chi connectivity index (χ3v) is 4.98. The van der Waals surface area contributed by atoms with Crippen molar-refractivity contribution in [3.63, 3.8) is 0 Å². The maximum Gasteiger partial charge on any atom is 0.153 e. The van der Waals surface area contributed by atoms with Gasteiger partial charge in [-0.2, -0.15) is 0 Å². The van der Waals surface area contributed by atoms with Crippen molar-refractivity contribution >= 4 is 23.2 Å². The molecule has 1 aliphatic rings. The molecule has 2 heterocycles. The van der Waals surface area contributed by atoms with Crippen LogP contribution in [0.3, 0.4) is 0 Å². The molecule has 7 heteroatoms. The van der Waals surface area contributed by atoms with E-state index in [1.165, 1.54) is 12.8 Å². The summed E-state index contributed by atoms with van der Waals surface area (Å²) in [5.41, 5.74) is 1.85. The van der Waals surface area contributed by atoms with Gasteiger partial charge in [0, 0.05) is 5.02 Å². The highest BCUT2D eigenvalue weighted by atomic mass is 35.5. The van der Waals surface area contributed by atoms with E-state index in [1.54, 1.807) is 18.2 Å². The Hall–Kier alpha value is -2.08. The van der Waals surface area contributed by atoms with Crippen LogP contribution in [0, 0.1) is 0 Å². The Morgan fingerprint density at radius 3 is 2.77 bits per heavy atom. The van der Waals surface area contributed by atoms with Crippen molar-refractivity contribution in [3.8, 4) is 17.2 Å². The van der Waals surface area contributed by atoms with E-state index in [2.05, 4.69) is 15.6 Å². The molecule has 0 saturated carbocycles. The fourth-order valence-corrected chi connectivity index (χ4v) is 3.61. The van der Waals surface area contributed by atoms with E-state index in [9.17, 15) is 0 Å². The van der Waals surface area contributed by atoms with Gasteiger partial charge in [0.05, 0.1) is 23.0 Å². The molecule has 0 aliphatic carbocycles. The molecule has 3 aromatic rings. The van der Waals surface area contributed by atoms with Crippen molar-refractivity contribution in [1.29, 1.82) is 0 Å². The van der Waals surface area contributed by atoms with Crippen LogP contribution in [0.25, 0.3) is 5.69 Å². The molecule has 1 fully saturated rings. The van der Waals surface area contributed by atoms with Crippen LogP contribution in [-0.4, -0.2) is 21.5 Å². The van der Waals surface area contributed by atoms with Crippen LogP contribution in [0.15, 0.2) is 48.7 Å². The van der Waals surface area contributed by atoms with E-state index in [0.717, 1.165) is 24.3 Å². The monoisotopic (exact) mass is 388 g/mol. The lowest BCUT2D eigenvalue weighted by atomic mass is 10.0. The maximum absolute atomic E-state index is 6.26. The number of rotatable bonds is 4. The second-order valence-electron chi connectivity index (χ2n) is 6.22. The lowest BCUT2D eigenvalue weighted by molar-refractivity contribution is 0.397. The minimum atomic E-state index is 0.242. The van der Waals surface area contributed by atoms with Crippen LogP contribution in [0.4, 0.5) is 0 Å². The third-order valence-electron chi connectivity index (χ3n) is 4.45. The van der Waals surface area contributed by atoms with E-state index >= 15 is 0 Å². The largest absolute Gasteiger partial charge is 0.454 e. The molecule has 0 radical (unpaired) electrons. The molecule has 134 valence electrons. The molecule has 1 N–H and O–H groups in total. The summed E-state index contributed by atoms with van der Waals surface area (Å²) in [7, 11) is 0. The van der Waals surface area contributed by atoms with Gasteiger partial charge in [-0.15, -0.1) is 5.10 Å². The van der Waals surface area contributed by atoms with E-state index in [0.29, 0.717) is 21.5 Å². The first-order valence-corrected chi connectivity index (χ1v) is 9.34. The summed E-state index contributed by atoms with van der Waals surface area (Å²) in [4.78, 5) is 0. The van der Waals surface area contributed by atoms with Gasteiger partial charge in [-0.05, 0) is 49.7 Å². The second-order valence-corrected chi connectivity index (χ2v) is 7.06. The normalized spacial score (nSPS) is 17.2. The van der Waals surface area contributed by atoms with Crippen LogP contribution >= 0.6 is 23.2 Å². The van der Waals surface area contributed by atoms with Gasteiger partial charge < -0.3 is 10.1 Å². The van der Waals surface area contributed by atoms with Gasteiger partial charge in [0.2, 0.25) is 0 Å². The van der Waals surface area contributed by atoms with E-state index in [-0.39, 0.29) is 6.04 Å². The molecule has 26 heavy (non-hydrogen) atoms. The Labute approximate surface area is 161 Å². The van der Waals surface area contributed by atoms with Gasteiger partial charge in [0.25, 0.3) is 0 Å². The zero-order valence-electron chi connectivity index (χ0n) is 14.0. The lowest BCUT2D eigenvalue weighted by Crippen LogP contribution is -2.28. The molecule has 2 aromatic carbocycles. The molecular weight excluding hydrogens is 371 g/mol. The minimum Gasteiger partial charge on any atom is -0.454 e. The number of hydrogen-bond donors (Lipinski definition) is 1. The molecule has 4 rings (SSSR count). The molecule has 1 unspecified atom stereocenters. The van der Waals surface area contributed by atoms with Crippen molar-refractivity contribution in [2.45, 2.75) is 25.3 Å². The van der Waals surface area contributed by atoms with Crippen molar-refractivity contribution in [1.82, 2.24) is 20.3 Å². The first-order chi connectivity index (χ1) is 12.7. The fourth-order valence-electron chi connectivity index (χ4n) is 3.17. The van der Waals surface area contributed by atoms with Crippen molar-refractivity contribution < 1.29 is 4.74 Å². The Morgan fingerprint density at radius 1 is 1.08 bits per heavy atom. The van der Waals surface area contributed by atoms with E-state index < -0.39 is 0 Å². The number of nitrogens with zero attached hydrogens (tertiary/aromatic N) is 3. The maximum atomic E-state index is 6.26. The molecule has 1 saturated heterocycles. The van der Waals surface area contributed by atoms with E-state index in [4.69, 9.17) is 27.9 Å². The average molecular weight is 389 g/mol. The number of para-hydroxylation sites is 2. The highest BCUT2D eigenvalue weighted by molar-refractivity contribution is 6.35. The van der Waals surface area contributed by atoms with Gasteiger partial charge in [-0.3, -0.25) is 0 Å². The summed E-state index contributed by atoms with van der Waals surface area (Å²) in [6, 6.07) is 13.1. The Balaban J connectivity index is 1.69. The smallest absolute Gasteiger partial charge is 0.153 e. The Kier molecular flexibility index (Phi) is 5.11. The summed E-state index contributed by atoms with van der Waals surface area (Å²) in [6.45, 7) is 1.01. The summed E-state index contributed by atoms with van der Waals surface area (Å²) in [5.74, 6) is 1.19. The molecular formula is C19H18Cl2N4O. The molecule has 0 spiro atoms. The average Bonchev–Trinajstić information content (AvgIpc) is 3.15. The number of halogens is 2. The third kappa shape index (κ3) is 3.56. The van der Waals surface area contributed by atoms with Gasteiger partial charge in [-0.1, -0.05) is 47.0 Å². The number of aromatic nitrogens is 3. The van der Waals surface area contributed by atoms with E-state index in [1.807, 2.05) is 35.1 Å². The van der Waals surface area contributed by atoms with Crippen LogP contribution < -0.4 is 10.1 Å². The van der Waals surface area contributed by atoms with Crippen molar-refractivity contribution in [2.75, 3.05) is 6.54 Å². The summed E-state index contributed by atoms with van der Waals surface area (Å²) in [5, 5.41) is 13.0. The molecule has 1 atom stereocenters. The van der Waals surface area contributed by atoms with Gasteiger partial charge in [0.1, 0.15) is 11.4 Å². The van der Waals surface area contributed by atoms with Crippen molar-refractivity contribution in [3.05, 3.63) is 64.4 Å². The highest BCUT2D eigenvalue weighted by Crippen LogP contribution is 2.35. The first-order valence-electron chi connectivity index (χ1n) is 8.58. The quantitative estimate of drug-likeness (QED) is 0.668. The standard InChI is InChI=1S/C19H18Cl2N4O/c20-13-8-9-18(14(21)11-13)26-19-7-2-1-6-16(19)25-17(12-23-24-25)15-5-3-4-10-22-15/h1-2,6-9,11-12,15,22H,3-5,10H2. The minimum absolute atomic E-state index is 0.242. The molecule has 0 bridgehead atoms. The number of hydrogen-bond acceptors (Lipinski definition) is 4. The molecule has 1 aromatic heterocycles.